The summed E-state index contributed by atoms with van der Waals surface area (Å²) in [6, 6.07) is 9.93. The SMILES string of the molecule is [2H]C([2H])([2H])[C@]1(O)CCCN(Cc2ccccc2)C1. The van der Waals surface area contributed by atoms with E-state index in [9.17, 15) is 5.11 Å². The maximum atomic E-state index is 10.3. The predicted octanol–water partition coefficient (Wildman–Crippen LogP) is 2.03. The molecular formula is C13H19NO. The fraction of sp³-hybridized carbons (Fsp3) is 0.538. The summed E-state index contributed by atoms with van der Waals surface area (Å²) >= 11 is 0. The summed E-state index contributed by atoms with van der Waals surface area (Å²) in [5.41, 5.74) is -0.410. The van der Waals surface area contributed by atoms with Crippen molar-refractivity contribution in [3.8, 4) is 0 Å². The number of β-amino-alcohol motifs (C(OH)–C–C–N with tert-alkyl or cyclic N) is 1. The molecule has 15 heavy (non-hydrogen) atoms. The summed E-state index contributed by atoms with van der Waals surface area (Å²) in [6.07, 6.45) is 1.08. The largest absolute Gasteiger partial charge is 0.389 e. The first-order valence-corrected chi connectivity index (χ1v) is 5.39. The summed E-state index contributed by atoms with van der Waals surface area (Å²) in [5, 5.41) is 10.3. The molecule has 1 aromatic carbocycles. The van der Waals surface area contributed by atoms with Crippen LogP contribution in [0.1, 0.15) is 29.4 Å². The van der Waals surface area contributed by atoms with E-state index in [-0.39, 0.29) is 6.54 Å². The highest BCUT2D eigenvalue weighted by atomic mass is 16.3. The smallest absolute Gasteiger partial charge is 0.0746 e. The maximum Gasteiger partial charge on any atom is 0.0746 e. The Morgan fingerprint density at radius 2 is 2.27 bits per heavy atom. The molecule has 0 aromatic heterocycles. The minimum Gasteiger partial charge on any atom is -0.389 e. The van der Waals surface area contributed by atoms with Gasteiger partial charge in [-0.05, 0) is 31.8 Å². The van der Waals surface area contributed by atoms with Crippen molar-refractivity contribution in [2.45, 2.75) is 31.8 Å². The summed E-state index contributed by atoms with van der Waals surface area (Å²) < 4.78 is 22.3. The van der Waals surface area contributed by atoms with Crippen molar-refractivity contribution in [2.75, 3.05) is 13.1 Å². The van der Waals surface area contributed by atoms with Crippen molar-refractivity contribution in [2.24, 2.45) is 0 Å². The molecule has 82 valence electrons. The fourth-order valence-electron chi connectivity index (χ4n) is 2.10. The number of rotatable bonds is 2. The number of benzene rings is 1. The van der Waals surface area contributed by atoms with Gasteiger partial charge in [0.1, 0.15) is 0 Å². The minimum absolute atomic E-state index is 0.221. The third kappa shape index (κ3) is 3.05. The molecule has 0 radical (unpaired) electrons. The van der Waals surface area contributed by atoms with Gasteiger partial charge < -0.3 is 5.11 Å². The number of piperidine rings is 1. The fourth-order valence-corrected chi connectivity index (χ4v) is 2.10. The predicted molar refractivity (Wildman–Crippen MR) is 61.6 cm³/mol. The van der Waals surface area contributed by atoms with Gasteiger partial charge in [-0.1, -0.05) is 30.3 Å². The number of hydrogen-bond acceptors (Lipinski definition) is 2. The Morgan fingerprint density at radius 3 is 3.00 bits per heavy atom. The van der Waals surface area contributed by atoms with Gasteiger partial charge in [-0.15, -0.1) is 0 Å². The lowest BCUT2D eigenvalue weighted by atomic mass is 9.95. The van der Waals surface area contributed by atoms with Crippen molar-refractivity contribution >= 4 is 0 Å². The lowest BCUT2D eigenvalue weighted by molar-refractivity contribution is -0.0181. The van der Waals surface area contributed by atoms with Gasteiger partial charge in [-0.3, -0.25) is 4.90 Å². The standard InChI is InChI=1S/C13H19NO/c1-13(15)8-5-9-14(11-13)10-12-6-3-2-4-7-12/h2-4,6-7,15H,5,8-11H2,1H3/t13-/m0/s1/i1D3. The molecular weight excluding hydrogens is 186 g/mol. The Kier molecular flexibility index (Phi) is 2.14. The van der Waals surface area contributed by atoms with Gasteiger partial charge in [0, 0.05) is 17.2 Å². The van der Waals surface area contributed by atoms with E-state index >= 15 is 0 Å². The zero-order chi connectivity index (χ0) is 13.2. The highest BCUT2D eigenvalue weighted by molar-refractivity contribution is 5.14. The van der Waals surface area contributed by atoms with Crippen LogP contribution in [0.3, 0.4) is 0 Å². The highest BCUT2D eigenvalue weighted by Crippen LogP contribution is 2.21. The molecule has 0 aliphatic carbocycles. The Hall–Kier alpha value is -0.860. The van der Waals surface area contributed by atoms with Gasteiger partial charge in [0.25, 0.3) is 0 Å². The van der Waals surface area contributed by atoms with E-state index in [0.717, 1.165) is 18.5 Å². The van der Waals surface area contributed by atoms with E-state index in [2.05, 4.69) is 0 Å². The second-order valence-electron chi connectivity index (χ2n) is 4.33. The van der Waals surface area contributed by atoms with Gasteiger partial charge in [-0.25, -0.2) is 0 Å². The third-order valence-electron chi connectivity index (χ3n) is 2.80. The topological polar surface area (TPSA) is 23.5 Å². The first-order valence-electron chi connectivity index (χ1n) is 6.89. The molecule has 1 atom stereocenters. The molecule has 2 rings (SSSR count). The van der Waals surface area contributed by atoms with E-state index < -0.39 is 12.5 Å². The minimum atomic E-state index is -2.30. The maximum absolute atomic E-state index is 10.3. The lowest BCUT2D eigenvalue weighted by Gasteiger charge is -2.36. The number of nitrogens with zero attached hydrogens (tertiary/aromatic N) is 1. The molecule has 0 saturated carbocycles. The van der Waals surface area contributed by atoms with Gasteiger partial charge in [0.15, 0.2) is 0 Å². The van der Waals surface area contributed by atoms with Crippen LogP contribution in [-0.4, -0.2) is 28.7 Å². The Labute approximate surface area is 95.7 Å². The summed E-state index contributed by atoms with van der Waals surface area (Å²) in [7, 11) is 0. The molecule has 1 fully saturated rings. The highest BCUT2D eigenvalue weighted by Gasteiger charge is 2.27. The molecule has 0 amide bonds. The molecule has 0 bridgehead atoms. The summed E-state index contributed by atoms with van der Waals surface area (Å²) in [4.78, 5) is 2.02. The van der Waals surface area contributed by atoms with Gasteiger partial charge in [0.2, 0.25) is 0 Å². The van der Waals surface area contributed by atoms with Crippen molar-refractivity contribution < 1.29 is 9.22 Å². The quantitative estimate of drug-likeness (QED) is 0.804. The second-order valence-corrected chi connectivity index (χ2v) is 4.33. The lowest BCUT2D eigenvalue weighted by Crippen LogP contribution is -2.45. The van der Waals surface area contributed by atoms with E-state index in [4.69, 9.17) is 4.11 Å². The van der Waals surface area contributed by atoms with E-state index in [1.165, 1.54) is 0 Å². The summed E-state index contributed by atoms with van der Waals surface area (Å²) in [5.74, 6) is 0. The normalized spacial score (nSPS) is 31.7. The number of aliphatic hydroxyl groups is 1. The molecule has 1 saturated heterocycles. The van der Waals surface area contributed by atoms with Crippen molar-refractivity contribution in [1.29, 1.82) is 0 Å². The van der Waals surface area contributed by atoms with Crippen LogP contribution >= 0.6 is 0 Å². The van der Waals surface area contributed by atoms with Gasteiger partial charge in [0.05, 0.1) is 5.60 Å². The molecule has 1 aromatic rings. The van der Waals surface area contributed by atoms with Crippen LogP contribution in [-0.2, 0) is 6.54 Å². The van der Waals surface area contributed by atoms with Crippen LogP contribution in [0.2, 0.25) is 0 Å². The van der Waals surface area contributed by atoms with E-state index in [1.54, 1.807) is 0 Å². The van der Waals surface area contributed by atoms with Crippen LogP contribution in [0.25, 0.3) is 0 Å². The van der Waals surface area contributed by atoms with E-state index in [0.29, 0.717) is 13.0 Å². The molecule has 0 unspecified atom stereocenters. The zero-order valence-corrected chi connectivity index (χ0v) is 8.82. The van der Waals surface area contributed by atoms with Crippen molar-refractivity contribution in [3.63, 3.8) is 0 Å². The van der Waals surface area contributed by atoms with Crippen molar-refractivity contribution in [3.05, 3.63) is 35.9 Å². The average molecular weight is 208 g/mol. The van der Waals surface area contributed by atoms with Crippen LogP contribution < -0.4 is 0 Å². The number of likely N-dealkylation sites (tertiary alicyclic amines) is 1. The Balaban J connectivity index is 2.04. The second kappa shape index (κ2) is 4.33. The average Bonchev–Trinajstić information content (AvgIpc) is 2.29. The first kappa shape index (κ1) is 7.42. The molecule has 2 nitrogen and oxygen atoms in total. The molecule has 1 N–H and O–H groups in total. The molecule has 2 heteroatoms. The Bertz CT molecular complexity index is 393. The van der Waals surface area contributed by atoms with Crippen LogP contribution in [0, 0.1) is 0 Å². The molecule has 1 aliphatic rings. The third-order valence-corrected chi connectivity index (χ3v) is 2.80. The molecule has 1 aliphatic heterocycles. The van der Waals surface area contributed by atoms with Crippen LogP contribution in [0.4, 0.5) is 0 Å². The van der Waals surface area contributed by atoms with Gasteiger partial charge >= 0.3 is 0 Å². The number of hydrogen-bond donors (Lipinski definition) is 1. The first-order chi connectivity index (χ1) is 8.41. The zero-order valence-electron chi connectivity index (χ0n) is 11.8. The van der Waals surface area contributed by atoms with Crippen LogP contribution in [0.15, 0.2) is 30.3 Å². The van der Waals surface area contributed by atoms with E-state index in [1.807, 2.05) is 35.2 Å². The monoisotopic (exact) mass is 208 g/mol. The molecule has 0 spiro atoms. The Morgan fingerprint density at radius 1 is 1.47 bits per heavy atom. The van der Waals surface area contributed by atoms with Crippen LogP contribution in [0.5, 0.6) is 0 Å². The van der Waals surface area contributed by atoms with Gasteiger partial charge in [-0.2, -0.15) is 0 Å². The summed E-state index contributed by atoms with van der Waals surface area (Å²) in [6.45, 7) is -0.548. The molecule has 1 heterocycles. The van der Waals surface area contributed by atoms with Crippen molar-refractivity contribution in [1.82, 2.24) is 4.90 Å².